The smallest absolute Gasteiger partial charge is 0.0992 e. The first kappa shape index (κ1) is 11.2. The molecule has 0 radical (unpaired) electrons. The van der Waals surface area contributed by atoms with Crippen molar-refractivity contribution >= 4 is 11.4 Å². The average molecular weight is 226 g/mol. The number of nitrogens with two attached hydrogens (primary N) is 2. The maximum Gasteiger partial charge on any atom is 0.0992 e. The monoisotopic (exact) mass is 226 g/mol. The number of nitrogens with zero attached hydrogens (tertiary/aromatic N) is 2. The Morgan fingerprint density at radius 1 is 1.47 bits per heavy atom. The molecule has 0 aliphatic heterocycles. The van der Waals surface area contributed by atoms with E-state index in [9.17, 15) is 0 Å². The van der Waals surface area contributed by atoms with Crippen molar-refractivity contribution in [3.8, 4) is 6.07 Å². The van der Waals surface area contributed by atoms with Gasteiger partial charge in [0.2, 0.25) is 0 Å². The third kappa shape index (κ3) is 2.64. The number of rotatable bonds is 3. The summed E-state index contributed by atoms with van der Waals surface area (Å²) in [7, 11) is 0. The molecule has 1 saturated carbocycles. The lowest BCUT2D eigenvalue weighted by Gasteiger charge is -2.04. The molecular formula is C13H14N4. The molecule has 0 bridgehead atoms. The fourth-order valence-corrected chi connectivity index (χ4v) is 1.62. The fourth-order valence-electron chi connectivity index (χ4n) is 1.62. The van der Waals surface area contributed by atoms with Crippen molar-refractivity contribution in [3.63, 3.8) is 0 Å². The average Bonchev–Trinajstić information content (AvgIpc) is 3.19. The minimum absolute atomic E-state index is 0.417. The zero-order chi connectivity index (χ0) is 12.3. The molecule has 2 rings (SSSR count). The Morgan fingerprint density at radius 2 is 2.24 bits per heavy atom. The van der Waals surface area contributed by atoms with Crippen LogP contribution in [0.5, 0.6) is 0 Å². The van der Waals surface area contributed by atoms with Crippen LogP contribution in [0.3, 0.4) is 0 Å². The van der Waals surface area contributed by atoms with Crippen molar-refractivity contribution in [2.45, 2.75) is 12.8 Å². The summed E-state index contributed by atoms with van der Waals surface area (Å²) < 4.78 is 0. The predicted octanol–water partition coefficient (Wildman–Crippen LogP) is 1.80. The molecule has 1 aliphatic rings. The van der Waals surface area contributed by atoms with E-state index in [1.54, 1.807) is 12.1 Å². The number of aliphatic imine (C=N–C) groups is 1. The van der Waals surface area contributed by atoms with E-state index in [0.29, 0.717) is 17.2 Å². The van der Waals surface area contributed by atoms with Crippen LogP contribution in [0.25, 0.3) is 0 Å². The second-order valence-electron chi connectivity index (χ2n) is 4.06. The van der Waals surface area contributed by atoms with Gasteiger partial charge in [0.05, 0.1) is 28.7 Å². The molecule has 0 spiro atoms. The third-order valence-corrected chi connectivity index (χ3v) is 2.66. The lowest BCUT2D eigenvalue weighted by Crippen LogP contribution is -2.15. The van der Waals surface area contributed by atoms with Crippen LogP contribution in [0.1, 0.15) is 18.4 Å². The van der Waals surface area contributed by atoms with Crippen LogP contribution in [-0.4, -0.2) is 5.71 Å². The van der Waals surface area contributed by atoms with E-state index >= 15 is 0 Å². The van der Waals surface area contributed by atoms with Gasteiger partial charge in [0.1, 0.15) is 0 Å². The van der Waals surface area contributed by atoms with Crippen molar-refractivity contribution in [2.75, 3.05) is 0 Å². The third-order valence-electron chi connectivity index (χ3n) is 2.66. The van der Waals surface area contributed by atoms with Crippen LogP contribution in [0, 0.1) is 17.2 Å². The van der Waals surface area contributed by atoms with E-state index in [0.717, 1.165) is 24.2 Å². The van der Waals surface area contributed by atoms with Crippen LogP contribution in [0.4, 0.5) is 5.69 Å². The van der Waals surface area contributed by atoms with Crippen molar-refractivity contribution in [3.05, 3.63) is 41.7 Å². The van der Waals surface area contributed by atoms with Crippen LogP contribution >= 0.6 is 0 Å². The minimum atomic E-state index is 0.417. The number of benzene rings is 1. The molecule has 86 valence electrons. The molecule has 4 heteroatoms. The molecule has 4 nitrogen and oxygen atoms in total. The Morgan fingerprint density at radius 3 is 2.82 bits per heavy atom. The Hall–Kier alpha value is -2.28. The molecule has 0 atom stereocenters. The first-order valence-electron chi connectivity index (χ1n) is 5.51. The number of nitriles is 1. The summed E-state index contributed by atoms with van der Waals surface area (Å²) in [5.74, 6) is 0.417. The lowest BCUT2D eigenvalue weighted by atomic mass is 10.1. The number of allylic oxidation sites excluding steroid dienone is 1. The molecule has 1 fully saturated rings. The van der Waals surface area contributed by atoms with Gasteiger partial charge in [-0.15, -0.1) is 0 Å². The van der Waals surface area contributed by atoms with Gasteiger partial charge in [0.25, 0.3) is 0 Å². The molecule has 0 unspecified atom stereocenters. The van der Waals surface area contributed by atoms with E-state index in [1.165, 1.54) is 6.20 Å². The highest BCUT2D eigenvalue weighted by Crippen LogP contribution is 2.33. The first-order chi connectivity index (χ1) is 8.24. The van der Waals surface area contributed by atoms with Crippen LogP contribution in [0.15, 0.2) is 41.2 Å². The predicted molar refractivity (Wildman–Crippen MR) is 67.4 cm³/mol. The Labute approximate surface area is 100 Å². The molecule has 4 N–H and O–H groups in total. The molecule has 1 aliphatic carbocycles. The standard InChI is InChI=1S/C13H14N4/c14-7-9-2-1-3-11(6-9)17-13(10-4-5-10)12(16)8-15/h1-3,6,8,10H,4-5,15-16H2. The highest BCUT2D eigenvalue weighted by molar-refractivity contribution is 6.03. The Balaban J connectivity index is 2.35. The van der Waals surface area contributed by atoms with Gasteiger partial charge in [0, 0.05) is 12.1 Å². The summed E-state index contributed by atoms with van der Waals surface area (Å²) in [6, 6.07) is 9.24. The summed E-state index contributed by atoms with van der Waals surface area (Å²) in [5.41, 5.74) is 13.9. The van der Waals surface area contributed by atoms with E-state index in [2.05, 4.69) is 11.1 Å². The largest absolute Gasteiger partial charge is 0.403 e. The van der Waals surface area contributed by atoms with Crippen molar-refractivity contribution in [1.82, 2.24) is 0 Å². The summed E-state index contributed by atoms with van der Waals surface area (Å²) in [4.78, 5) is 4.49. The molecule has 0 aromatic heterocycles. The van der Waals surface area contributed by atoms with E-state index in [-0.39, 0.29) is 0 Å². The van der Waals surface area contributed by atoms with Gasteiger partial charge in [-0.3, -0.25) is 4.99 Å². The maximum absolute atomic E-state index is 8.82. The van der Waals surface area contributed by atoms with Gasteiger partial charge >= 0.3 is 0 Å². The van der Waals surface area contributed by atoms with Crippen LogP contribution < -0.4 is 11.5 Å². The summed E-state index contributed by atoms with van der Waals surface area (Å²) in [5, 5.41) is 8.82. The van der Waals surface area contributed by atoms with Gasteiger partial charge in [-0.2, -0.15) is 5.26 Å². The molecule has 0 heterocycles. The second-order valence-corrected chi connectivity index (χ2v) is 4.06. The molecule has 1 aromatic carbocycles. The van der Waals surface area contributed by atoms with Crippen molar-refractivity contribution < 1.29 is 0 Å². The van der Waals surface area contributed by atoms with Crippen LogP contribution in [0.2, 0.25) is 0 Å². The Bertz CT molecular complexity index is 518. The van der Waals surface area contributed by atoms with Crippen molar-refractivity contribution in [2.24, 2.45) is 22.4 Å². The minimum Gasteiger partial charge on any atom is -0.403 e. The van der Waals surface area contributed by atoms with E-state index < -0.39 is 0 Å². The van der Waals surface area contributed by atoms with Gasteiger partial charge < -0.3 is 11.5 Å². The number of hydrogen-bond donors (Lipinski definition) is 2. The fraction of sp³-hybridized carbons (Fsp3) is 0.231. The SMILES string of the molecule is N#Cc1cccc(N=C(C(N)=CN)C2CC2)c1. The van der Waals surface area contributed by atoms with E-state index in [1.807, 2.05) is 12.1 Å². The molecule has 0 amide bonds. The van der Waals surface area contributed by atoms with Gasteiger partial charge in [0.15, 0.2) is 0 Å². The van der Waals surface area contributed by atoms with E-state index in [4.69, 9.17) is 16.7 Å². The topological polar surface area (TPSA) is 88.2 Å². The lowest BCUT2D eigenvalue weighted by molar-refractivity contribution is 1.15. The summed E-state index contributed by atoms with van der Waals surface area (Å²) in [6.45, 7) is 0. The summed E-state index contributed by atoms with van der Waals surface area (Å²) in [6.07, 6.45) is 3.59. The van der Waals surface area contributed by atoms with Gasteiger partial charge in [-0.05, 0) is 31.0 Å². The zero-order valence-corrected chi connectivity index (χ0v) is 9.43. The first-order valence-corrected chi connectivity index (χ1v) is 5.51. The molecular weight excluding hydrogens is 212 g/mol. The van der Waals surface area contributed by atoms with Gasteiger partial charge in [-0.1, -0.05) is 6.07 Å². The molecule has 1 aromatic rings. The molecule has 0 saturated heterocycles. The van der Waals surface area contributed by atoms with Crippen LogP contribution in [-0.2, 0) is 0 Å². The normalized spacial score (nSPS) is 16.6. The Kier molecular flexibility index (Phi) is 3.10. The zero-order valence-electron chi connectivity index (χ0n) is 9.43. The van der Waals surface area contributed by atoms with Gasteiger partial charge in [-0.25, -0.2) is 0 Å². The number of hydrogen-bond acceptors (Lipinski definition) is 4. The highest BCUT2D eigenvalue weighted by atomic mass is 14.8. The maximum atomic E-state index is 8.82. The molecule has 17 heavy (non-hydrogen) atoms. The highest BCUT2D eigenvalue weighted by Gasteiger charge is 2.28. The quantitative estimate of drug-likeness (QED) is 0.770. The second kappa shape index (κ2) is 4.71. The van der Waals surface area contributed by atoms with Crippen molar-refractivity contribution in [1.29, 1.82) is 5.26 Å². The summed E-state index contributed by atoms with van der Waals surface area (Å²) >= 11 is 0.